The van der Waals surface area contributed by atoms with Crippen LogP contribution in [0.25, 0.3) is 11.1 Å². The number of aliphatic hydroxyl groups excluding tert-OH is 4. The smallest absolute Gasteiger partial charge is 1.00 e. The normalized spacial score (nSPS) is 13.4. The average Bonchev–Trinajstić information content (AvgIpc) is 1.67. The number of alkyl halides is 1. The van der Waals surface area contributed by atoms with Gasteiger partial charge in [0.05, 0.1) is 60.1 Å². The number of aliphatic hydroxyl groups is 4. The summed E-state index contributed by atoms with van der Waals surface area (Å²) >= 11 is 0. The number of amides is 14. The maximum absolute atomic E-state index is 13.1. The number of urea groups is 5. The summed E-state index contributed by atoms with van der Waals surface area (Å²) in [4.78, 5) is 209. The first-order valence-corrected chi connectivity index (χ1v) is 47.1. The van der Waals surface area contributed by atoms with E-state index in [-0.39, 0.29) is 223 Å². The largest absolute Gasteiger partial charge is 1.00 e. The summed E-state index contributed by atoms with van der Waals surface area (Å²) in [6.07, 6.45) is 8.51. The van der Waals surface area contributed by atoms with Crippen molar-refractivity contribution in [1.82, 2.24) is 31.6 Å². The SMILES string of the molecule is CC(=O)OCC1c2ccccc2-c2ccccc21.CCOC(=O)C1(C(=O)C[C@@H](CCCNC(N)=O)C(=O)Cc2ccc(CO)cc2)CCC1.CCOC(=O)C1(C(=O)ON2C(=O)CCC2=O)CCC1.C[C@@H](CCCNC(N)=O)C(=O)Nc1ccc(CO)cc1.C[C@@H](CCCNC(N)=O)C(=O)O.NC(=O)NCCC[C@H](N)C(=O)Nc1ccc(CO)cc1.NC(=O)NCCC[C@H](N)C(=O)O.Nc1ccc(CO)cc1.O=CO[O-].[2H]CF.[H-].[K+].[K+]. The molecule has 6 aromatic rings. The molecule has 10 rings (SSSR count). The van der Waals surface area contributed by atoms with Crippen molar-refractivity contribution in [2.24, 2.45) is 68.7 Å². The van der Waals surface area contributed by atoms with Crippen LogP contribution >= 0.6 is 0 Å². The molecule has 0 radical (unpaired) electrons. The van der Waals surface area contributed by atoms with Gasteiger partial charge in [-0.2, -0.15) is 0 Å². The number of carbonyl (C=O) groups is 18. The zero-order valence-corrected chi connectivity index (χ0v) is 91.4. The van der Waals surface area contributed by atoms with Gasteiger partial charge in [0, 0.05) is 100 Å². The summed E-state index contributed by atoms with van der Waals surface area (Å²) in [6, 6.07) is 40.2. The van der Waals surface area contributed by atoms with Crippen LogP contribution in [0.4, 0.5) is 45.4 Å². The third-order valence-electron chi connectivity index (χ3n) is 22.5. The Bertz CT molecular complexity index is 4980. The van der Waals surface area contributed by atoms with Gasteiger partial charge in [-0.3, -0.25) is 61.9 Å². The third-order valence-corrected chi connectivity index (χ3v) is 22.5. The molecule has 46 nitrogen and oxygen atoms in total. The number of benzene rings is 6. The van der Waals surface area contributed by atoms with Gasteiger partial charge in [0.25, 0.3) is 18.3 Å². The van der Waals surface area contributed by atoms with Crippen molar-refractivity contribution >= 4 is 125 Å². The number of carbonyl (C=O) groups excluding carboxylic acids is 16. The predicted molar refractivity (Wildman–Crippen MR) is 535 cm³/mol. The number of rotatable bonds is 45. The molecule has 1 heterocycles. The molecule has 29 N–H and O–H groups in total. The minimum Gasteiger partial charge on any atom is -1.00 e. The van der Waals surface area contributed by atoms with Crippen LogP contribution in [0.15, 0.2) is 146 Å². The number of halogens is 1. The molecule has 3 aliphatic carbocycles. The fraction of sp³-hybridized carbons (Fsp3) is 0.460. The van der Waals surface area contributed by atoms with Crippen LogP contribution in [-0.4, -0.2) is 215 Å². The second-order valence-electron chi connectivity index (χ2n) is 33.4. The zero-order valence-electron chi connectivity index (χ0n) is 87.2. The van der Waals surface area contributed by atoms with Crippen LogP contribution in [0.2, 0.25) is 0 Å². The van der Waals surface area contributed by atoms with E-state index in [4.69, 9.17) is 107 Å². The number of nitrogens with zero attached hydrogens (tertiary/aromatic N) is 1. The number of fused-ring (bicyclic) bond motifs is 3. The molecule has 14 amide bonds. The van der Waals surface area contributed by atoms with E-state index in [0.717, 1.165) is 39.9 Å². The van der Waals surface area contributed by atoms with Crippen molar-refractivity contribution < 1.29 is 256 Å². The van der Waals surface area contributed by atoms with Gasteiger partial charge < -0.3 is 144 Å². The number of hydrogen-bond donors (Lipinski definition) is 21. The van der Waals surface area contributed by atoms with E-state index in [9.17, 15) is 85.9 Å². The standard InChI is InChI=1S/C23H32N2O6.C16H14O2.C14H21N3O3.C13H20N4O3.C12H15NO6.C7H14N2O3.C7H9NO.C6H13N3O3.CH3F.CH2O3.2K.H/c1-2-31-21(29)23(10-4-11-23)20(28)14-18(5-3-12-25-22(24)30)19(27)13-16-6-8-17(15-26)9-7-16;1-11(17)18-10-16-14-8-4-2-6-12(14)13-7-3-5-9-15(13)16;1-10(3-2-8-16-14(15)20)13(19)17-12-6-4-11(9-18)5-7-12;14-11(2-1-7-16-13(15)20)12(19)17-10-5-3-9(8-18)4-6-10;1-2-18-10(16)12(6-3-7-12)11(17)19-13-8(14)4-5-9(13)15;1-5(6(10)11)3-2-4-9-7(8)12;8-7-3-1-6(5-9)2-4-7;7-4(5(10)11)2-1-3-9-6(8)12;1-2;2-1-4-3;;;/h6-9,18,26H,2-5,10-15H2,1H3,(H3,24,25,30);2-9,16H,10H2,1H3;4-7,10,18H,2-3,8-9H2,1H3,(H,17,19)(H3,15,16,20);3-6,11,18H,1-2,7-8,14H2,(H,17,19)(H3,15,16,20);2-7H2,1H3;5H,2-4H2,1H3,(H,10,11)(H3,8,9,12);1-4,9H,5,8H2;4H,1-3,7H2,(H,10,11)(H3,8,9,12);1H3;1,3H;;;/q;;;;;;;;;;2*+1;-1/p-1/t18-;;10-;11-;;5-;;4-;;;;;/m1.00.0.0...../s1/i;;;;;;;;1D;;;;. The Morgan fingerprint density at radius 3 is 1.19 bits per heavy atom. The first kappa shape index (κ1) is 137. The van der Waals surface area contributed by atoms with Crippen molar-refractivity contribution in [3.05, 3.63) is 185 Å². The van der Waals surface area contributed by atoms with Crippen molar-refractivity contribution in [3.8, 4) is 11.1 Å². The number of nitrogen functional groups attached to an aromatic ring is 1. The number of Topliss-reactive ketones (excluding diaryl/α,β-unsaturated/α-hetero) is 2. The molecule has 0 aromatic heterocycles. The van der Waals surface area contributed by atoms with Gasteiger partial charge in [0.1, 0.15) is 23.8 Å². The van der Waals surface area contributed by atoms with Crippen LogP contribution < -0.4 is 191 Å². The number of primary amides is 5. The Hall–Kier alpha value is -11.9. The number of nitrogens with two attached hydrogens (primary N) is 8. The van der Waals surface area contributed by atoms with E-state index in [1.165, 1.54) is 29.2 Å². The Balaban J connectivity index is -0.00000167. The number of carboxylic acids is 2. The van der Waals surface area contributed by atoms with E-state index >= 15 is 0 Å². The summed E-state index contributed by atoms with van der Waals surface area (Å²) in [7, 11) is -1.00. The van der Waals surface area contributed by atoms with Gasteiger partial charge in [-0.05, 0) is 197 Å². The monoisotopic (exact) mass is 2150 g/mol. The molecular formula is C100H143FK2N16O30. The molecule has 1 aliphatic heterocycles. The van der Waals surface area contributed by atoms with E-state index < -0.39 is 108 Å². The third kappa shape index (κ3) is 55.4. The summed E-state index contributed by atoms with van der Waals surface area (Å²) in [5.41, 5.74) is 49.4. The topological polar surface area (TPSA) is 793 Å². The van der Waals surface area contributed by atoms with E-state index in [1.54, 1.807) is 118 Å². The Kier molecular flexibility index (Phi) is 72.9. The summed E-state index contributed by atoms with van der Waals surface area (Å²) in [5, 5.41) is 78.9. The maximum Gasteiger partial charge on any atom is 1.00 e. The van der Waals surface area contributed by atoms with Crippen molar-refractivity contribution in [2.45, 2.75) is 207 Å². The van der Waals surface area contributed by atoms with Gasteiger partial charge in [-0.1, -0.05) is 129 Å². The zero-order chi connectivity index (χ0) is 111. The van der Waals surface area contributed by atoms with E-state index in [0.29, 0.717) is 152 Å². The van der Waals surface area contributed by atoms with Gasteiger partial charge in [-0.25, -0.2) is 28.8 Å². The number of esters is 3. The fourth-order valence-corrected chi connectivity index (χ4v) is 13.9. The first-order valence-electron chi connectivity index (χ1n) is 47.8. The van der Waals surface area contributed by atoms with Crippen LogP contribution in [0.3, 0.4) is 0 Å². The van der Waals surface area contributed by atoms with Crippen LogP contribution in [-0.2, 0) is 119 Å². The Morgan fingerprint density at radius 2 is 0.839 bits per heavy atom. The van der Waals surface area contributed by atoms with Gasteiger partial charge >= 0.3 is 169 Å². The predicted octanol–water partition coefficient (Wildman–Crippen LogP) is -0.264. The minimum atomic E-state index is -1.35. The molecule has 5 atom stereocenters. The summed E-state index contributed by atoms with van der Waals surface area (Å²) in [5.74, 6) is -6.81. The quantitative estimate of drug-likeness (QED) is 0.00224. The number of ketones is 2. The van der Waals surface area contributed by atoms with Crippen LogP contribution in [0.1, 0.15) is 204 Å². The number of hydroxylamine groups is 2. The molecule has 0 bridgehead atoms. The van der Waals surface area contributed by atoms with Crippen molar-refractivity contribution in [3.63, 3.8) is 0 Å². The number of nitrogens with one attached hydrogen (secondary N) is 7. The Labute approximate surface area is 951 Å². The molecule has 812 valence electrons. The van der Waals surface area contributed by atoms with Gasteiger partial charge in [-0.15, -0.1) is 5.06 Å². The molecule has 49 heteroatoms. The maximum atomic E-state index is 13.1. The second-order valence-corrected chi connectivity index (χ2v) is 33.4. The van der Waals surface area contributed by atoms with Crippen LogP contribution in [0, 0.1) is 28.6 Å². The Morgan fingerprint density at radius 1 is 0.497 bits per heavy atom. The molecule has 149 heavy (non-hydrogen) atoms. The van der Waals surface area contributed by atoms with Gasteiger partial charge in [0.2, 0.25) is 11.8 Å². The van der Waals surface area contributed by atoms with E-state index in [1.807, 2.05) is 31.2 Å². The molecule has 6 aromatic carbocycles. The number of ether oxygens (including phenoxy) is 3. The van der Waals surface area contributed by atoms with Crippen molar-refractivity contribution in [1.29, 1.82) is 0 Å². The number of hydrogen-bond acceptors (Lipinski definition) is 31. The van der Waals surface area contributed by atoms with Gasteiger partial charge in [0.15, 0.2) is 11.2 Å². The molecule has 1 saturated heterocycles. The van der Waals surface area contributed by atoms with Crippen LogP contribution in [0.5, 0.6) is 0 Å². The molecule has 2 saturated carbocycles. The number of anilines is 3. The molecule has 3 fully saturated rings. The summed E-state index contributed by atoms with van der Waals surface area (Å²) in [6.45, 7) is 10.8. The summed E-state index contributed by atoms with van der Waals surface area (Å²) < 4.78 is 30.7. The molecular weight excluding hydrogens is 2000 g/mol. The fourth-order valence-electron chi connectivity index (χ4n) is 13.9. The molecule has 0 spiro atoms. The minimum absolute atomic E-state index is 0. The van der Waals surface area contributed by atoms with E-state index in [2.05, 4.69) is 66.4 Å². The molecule has 4 aliphatic rings. The molecule has 0 unspecified atom stereocenters. The first-order chi connectivity index (χ1) is 70.4. The second kappa shape index (κ2) is 79.2. The van der Waals surface area contributed by atoms with Crippen molar-refractivity contribution in [2.75, 3.05) is 76.1 Å². The number of imide groups is 1. The number of aliphatic carboxylic acids is 2. The number of carboxylic acid groups (broad SMARTS) is 2. The average molecular weight is 2150 g/mol.